The van der Waals surface area contributed by atoms with Crippen molar-refractivity contribution < 1.29 is 9.47 Å². The lowest BCUT2D eigenvalue weighted by Gasteiger charge is -2.23. The molecule has 2 rings (SSSR count). The maximum absolute atomic E-state index is 5.62. The van der Waals surface area contributed by atoms with Crippen LogP contribution in [-0.4, -0.2) is 37.4 Å². The molecule has 0 bridgehead atoms. The Balaban J connectivity index is 1.84. The Morgan fingerprint density at radius 3 is 3.33 bits per heavy atom. The topological polar surface area (TPSA) is 43.4 Å². The SMILES string of the molecule is Brc1cnccc1OCC1CNCCO1. The van der Waals surface area contributed by atoms with Gasteiger partial charge in [-0.1, -0.05) is 0 Å². The van der Waals surface area contributed by atoms with E-state index in [-0.39, 0.29) is 6.10 Å². The molecule has 1 aliphatic rings. The maximum atomic E-state index is 5.62. The van der Waals surface area contributed by atoms with E-state index in [1.807, 2.05) is 6.07 Å². The van der Waals surface area contributed by atoms with Crippen molar-refractivity contribution in [2.24, 2.45) is 0 Å². The predicted molar refractivity (Wildman–Crippen MR) is 60.0 cm³/mol. The zero-order chi connectivity index (χ0) is 10.5. The van der Waals surface area contributed by atoms with Crippen LogP contribution in [0, 0.1) is 0 Å². The lowest BCUT2D eigenvalue weighted by molar-refractivity contribution is 0.0000247. The second-order valence-corrected chi connectivity index (χ2v) is 4.17. The molecule has 1 atom stereocenters. The van der Waals surface area contributed by atoms with Gasteiger partial charge in [0.25, 0.3) is 0 Å². The molecule has 1 fully saturated rings. The fourth-order valence-electron chi connectivity index (χ4n) is 1.39. The molecule has 1 unspecified atom stereocenters. The molecule has 0 saturated carbocycles. The Morgan fingerprint density at radius 2 is 2.60 bits per heavy atom. The van der Waals surface area contributed by atoms with Gasteiger partial charge in [0.15, 0.2) is 0 Å². The number of hydrogen-bond acceptors (Lipinski definition) is 4. The minimum absolute atomic E-state index is 0.138. The van der Waals surface area contributed by atoms with Crippen molar-refractivity contribution in [2.75, 3.05) is 26.3 Å². The summed E-state index contributed by atoms with van der Waals surface area (Å²) in [5, 5.41) is 3.26. The van der Waals surface area contributed by atoms with Crippen molar-refractivity contribution >= 4 is 15.9 Å². The van der Waals surface area contributed by atoms with Crippen molar-refractivity contribution in [1.82, 2.24) is 10.3 Å². The Hall–Kier alpha value is -0.650. The number of aromatic nitrogens is 1. The highest BCUT2D eigenvalue weighted by Crippen LogP contribution is 2.22. The molecular formula is C10H13BrN2O2. The van der Waals surface area contributed by atoms with E-state index in [2.05, 4.69) is 26.2 Å². The molecule has 2 heterocycles. The van der Waals surface area contributed by atoms with Crippen molar-refractivity contribution in [1.29, 1.82) is 0 Å². The van der Waals surface area contributed by atoms with Crippen LogP contribution < -0.4 is 10.1 Å². The van der Waals surface area contributed by atoms with Gasteiger partial charge in [0.05, 0.1) is 11.1 Å². The predicted octanol–water partition coefficient (Wildman–Crippen LogP) is 1.21. The molecular weight excluding hydrogens is 260 g/mol. The molecule has 1 aromatic rings. The second-order valence-electron chi connectivity index (χ2n) is 3.31. The fourth-order valence-corrected chi connectivity index (χ4v) is 1.75. The molecule has 0 amide bonds. The lowest BCUT2D eigenvalue weighted by atomic mass is 10.3. The monoisotopic (exact) mass is 272 g/mol. The van der Waals surface area contributed by atoms with Crippen molar-refractivity contribution in [3.8, 4) is 5.75 Å². The molecule has 5 heteroatoms. The molecule has 1 aliphatic heterocycles. The normalized spacial score (nSPS) is 21.3. The van der Waals surface area contributed by atoms with Crippen LogP contribution in [0.3, 0.4) is 0 Å². The van der Waals surface area contributed by atoms with Gasteiger partial charge in [-0.3, -0.25) is 4.98 Å². The van der Waals surface area contributed by atoms with Crippen molar-refractivity contribution in [3.63, 3.8) is 0 Å². The highest BCUT2D eigenvalue weighted by atomic mass is 79.9. The quantitative estimate of drug-likeness (QED) is 0.899. The molecule has 0 aliphatic carbocycles. The largest absolute Gasteiger partial charge is 0.490 e. The average molecular weight is 273 g/mol. The van der Waals surface area contributed by atoms with E-state index in [1.165, 1.54) is 0 Å². The molecule has 1 saturated heterocycles. The second kappa shape index (κ2) is 5.44. The fraction of sp³-hybridized carbons (Fsp3) is 0.500. The van der Waals surface area contributed by atoms with E-state index in [0.717, 1.165) is 29.9 Å². The van der Waals surface area contributed by atoms with Crippen molar-refractivity contribution in [2.45, 2.75) is 6.10 Å². The number of pyridine rings is 1. The van der Waals surface area contributed by atoms with Gasteiger partial charge in [0.1, 0.15) is 18.5 Å². The number of hydrogen-bond donors (Lipinski definition) is 1. The Kier molecular flexibility index (Phi) is 3.94. The van der Waals surface area contributed by atoms with Gasteiger partial charge in [0, 0.05) is 25.5 Å². The van der Waals surface area contributed by atoms with Crippen LogP contribution in [0.2, 0.25) is 0 Å². The molecule has 0 aromatic carbocycles. The number of ether oxygens (including phenoxy) is 2. The highest BCUT2D eigenvalue weighted by Gasteiger charge is 2.14. The third-order valence-corrected chi connectivity index (χ3v) is 2.76. The summed E-state index contributed by atoms with van der Waals surface area (Å²) in [5.41, 5.74) is 0. The first-order chi connectivity index (χ1) is 7.36. The van der Waals surface area contributed by atoms with Gasteiger partial charge in [-0.15, -0.1) is 0 Å². The molecule has 1 N–H and O–H groups in total. The van der Waals surface area contributed by atoms with Gasteiger partial charge in [-0.05, 0) is 22.0 Å². The van der Waals surface area contributed by atoms with Crippen LogP contribution >= 0.6 is 15.9 Å². The summed E-state index contributed by atoms with van der Waals surface area (Å²) < 4.78 is 12.0. The molecule has 1 aromatic heterocycles. The summed E-state index contributed by atoms with van der Waals surface area (Å²) in [6.45, 7) is 3.10. The molecule has 82 valence electrons. The van der Waals surface area contributed by atoms with Crippen LogP contribution in [0.1, 0.15) is 0 Å². The summed E-state index contributed by atoms with van der Waals surface area (Å²) in [6.07, 6.45) is 3.56. The van der Waals surface area contributed by atoms with Crippen LogP contribution in [0.15, 0.2) is 22.9 Å². The number of rotatable bonds is 3. The van der Waals surface area contributed by atoms with E-state index in [1.54, 1.807) is 12.4 Å². The van der Waals surface area contributed by atoms with Gasteiger partial charge in [-0.25, -0.2) is 0 Å². The van der Waals surface area contributed by atoms with Crippen LogP contribution in [0.5, 0.6) is 5.75 Å². The standard InChI is InChI=1S/C10H13BrN2O2/c11-9-6-12-2-1-10(9)15-7-8-5-13-3-4-14-8/h1-2,6,8,13H,3-5,7H2. The number of morpholine rings is 1. The van der Waals surface area contributed by atoms with E-state index in [4.69, 9.17) is 9.47 Å². The van der Waals surface area contributed by atoms with E-state index in [9.17, 15) is 0 Å². The zero-order valence-electron chi connectivity index (χ0n) is 8.28. The first-order valence-electron chi connectivity index (χ1n) is 4.91. The van der Waals surface area contributed by atoms with Crippen molar-refractivity contribution in [3.05, 3.63) is 22.9 Å². The number of halogens is 1. The Morgan fingerprint density at radius 1 is 1.67 bits per heavy atom. The first kappa shape index (κ1) is 10.9. The van der Waals surface area contributed by atoms with E-state index >= 15 is 0 Å². The zero-order valence-corrected chi connectivity index (χ0v) is 9.87. The lowest BCUT2D eigenvalue weighted by Crippen LogP contribution is -2.41. The maximum Gasteiger partial charge on any atom is 0.136 e. The molecule has 15 heavy (non-hydrogen) atoms. The smallest absolute Gasteiger partial charge is 0.136 e. The summed E-state index contributed by atoms with van der Waals surface area (Å²) >= 11 is 3.38. The average Bonchev–Trinajstić information content (AvgIpc) is 2.29. The summed E-state index contributed by atoms with van der Waals surface area (Å²) in [7, 11) is 0. The van der Waals surface area contributed by atoms with Crippen LogP contribution in [0.4, 0.5) is 0 Å². The van der Waals surface area contributed by atoms with Crippen LogP contribution in [0.25, 0.3) is 0 Å². The van der Waals surface area contributed by atoms with E-state index in [0.29, 0.717) is 6.61 Å². The van der Waals surface area contributed by atoms with Gasteiger partial charge < -0.3 is 14.8 Å². The highest BCUT2D eigenvalue weighted by molar-refractivity contribution is 9.10. The summed E-state index contributed by atoms with van der Waals surface area (Å²) in [6, 6.07) is 1.83. The summed E-state index contributed by atoms with van der Waals surface area (Å²) in [4.78, 5) is 3.97. The Labute approximate surface area is 97.1 Å². The molecule has 0 radical (unpaired) electrons. The van der Waals surface area contributed by atoms with Gasteiger partial charge >= 0.3 is 0 Å². The minimum Gasteiger partial charge on any atom is -0.490 e. The molecule has 4 nitrogen and oxygen atoms in total. The van der Waals surface area contributed by atoms with Gasteiger partial charge in [0.2, 0.25) is 0 Å². The van der Waals surface area contributed by atoms with Crippen LogP contribution in [-0.2, 0) is 4.74 Å². The third-order valence-electron chi connectivity index (χ3n) is 2.16. The minimum atomic E-state index is 0.138. The third kappa shape index (κ3) is 3.15. The number of nitrogens with zero attached hydrogens (tertiary/aromatic N) is 1. The summed E-state index contributed by atoms with van der Waals surface area (Å²) in [5.74, 6) is 0.805. The Bertz CT molecular complexity index is 316. The van der Waals surface area contributed by atoms with Gasteiger partial charge in [-0.2, -0.15) is 0 Å². The number of nitrogens with one attached hydrogen (secondary N) is 1. The molecule has 0 spiro atoms. The first-order valence-corrected chi connectivity index (χ1v) is 5.70. The van der Waals surface area contributed by atoms with E-state index < -0.39 is 0 Å².